The minimum Gasteiger partial charge on any atom is -0.462 e. The summed E-state index contributed by atoms with van der Waals surface area (Å²) in [6, 6.07) is 0. The van der Waals surface area contributed by atoms with Crippen molar-refractivity contribution in [1.82, 2.24) is 0 Å². The number of carbonyl (C=O) groups excluding carboxylic acids is 2. The fourth-order valence-electron chi connectivity index (χ4n) is 5.99. The molecule has 5 nitrogen and oxygen atoms in total. The highest BCUT2D eigenvalue weighted by Gasteiger charge is 2.17. The van der Waals surface area contributed by atoms with Crippen LogP contribution in [0.4, 0.5) is 0 Å². The first kappa shape index (κ1) is 48.1. The quantitative estimate of drug-likeness (QED) is 0.0362. The highest BCUT2D eigenvalue weighted by atomic mass is 16.6. The summed E-state index contributed by atoms with van der Waals surface area (Å²) in [6.45, 7) is 7.66. The molecule has 0 aromatic rings. The molecule has 1 unspecified atom stereocenters. The number of rotatable bonds is 39. The summed E-state index contributed by atoms with van der Waals surface area (Å²) < 4.78 is 17.2. The Morgan fingerprint density at radius 1 is 0.460 bits per heavy atom. The molecular weight excluding hydrogens is 620 g/mol. The zero-order valence-electron chi connectivity index (χ0n) is 33.4. The van der Waals surface area contributed by atoms with Crippen molar-refractivity contribution < 1.29 is 23.8 Å². The number of carbonyl (C=O) groups is 2. The molecule has 0 saturated carbocycles. The van der Waals surface area contributed by atoms with Crippen LogP contribution in [0, 0.1) is 0 Å². The first-order valence-corrected chi connectivity index (χ1v) is 21.5. The summed E-state index contributed by atoms with van der Waals surface area (Å²) in [5, 5.41) is 0. The third kappa shape index (κ3) is 38.9. The van der Waals surface area contributed by atoms with Crippen molar-refractivity contribution in [3.8, 4) is 0 Å². The Balaban J connectivity index is 4.11. The largest absolute Gasteiger partial charge is 0.462 e. The minimum absolute atomic E-state index is 0.0861. The van der Waals surface area contributed by atoms with E-state index in [1.54, 1.807) is 0 Å². The highest BCUT2D eigenvalue weighted by molar-refractivity contribution is 5.70. The summed E-state index contributed by atoms with van der Waals surface area (Å²) >= 11 is 0. The Morgan fingerprint density at radius 2 is 0.900 bits per heavy atom. The summed E-state index contributed by atoms with van der Waals surface area (Å²) in [5.41, 5.74) is 0. The van der Waals surface area contributed by atoms with Crippen molar-refractivity contribution in [1.29, 1.82) is 0 Å². The second kappa shape index (κ2) is 41.5. The maximum atomic E-state index is 12.6. The lowest BCUT2D eigenvalue weighted by molar-refractivity contribution is -0.163. The second-order valence-electron chi connectivity index (χ2n) is 14.2. The van der Waals surface area contributed by atoms with E-state index in [1.165, 1.54) is 122 Å². The SMILES string of the molecule is CC/C=C\C/C=C\C/C=C\CCCCCCCCCCOCC(COC(=O)CCCCCCCCCCC)OC(=O)CCCCCCCCC. The molecule has 0 amide bonds. The standard InChI is InChI=1S/C45H82O5/c1-4-7-10-13-16-18-19-20-21-22-23-24-25-26-28-31-34-37-40-48-41-43(50-45(47)39-36-33-29-15-12-9-6-3)42-49-44(46)38-35-32-30-27-17-14-11-8-5-2/h7,10,16,18,20-21,43H,4-6,8-9,11-15,17,19,22-42H2,1-3H3/b10-7-,18-16-,21-20-. The summed E-state index contributed by atoms with van der Waals surface area (Å²) in [4.78, 5) is 25.0. The van der Waals surface area contributed by atoms with E-state index >= 15 is 0 Å². The molecule has 0 rings (SSSR count). The molecule has 1 atom stereocenters. The van der Waals surface area contributed by atoms with Gasteiger partial charge in [-0.25, -0.2) is 0 Å². The Hall–Kier alpha value is -1.88. The van der Waals surface area contributed by atoms with Gasteiger partial charge < -0.3 is 14.2 Å². The molecule has 0 saturated heterocycles. The van der Waals surface area contributed by atoms with Crippen LogP contribution in [0.5, 0.6) is 0 Å². The van der Waals surface area contributed by atoms with E-state index in [1.807, 2.05) is 0 Å². The van der Waals surface area contributed by atoms with E-state index in [-0.39, 0.29) is 25.2 Å². The van der Waals surface area contributed by atoms with Crippen molar-refractivity contribution in [3.05, 3.63) is 36.5 Å². The van der Waals surface area contributed by atoms with E-state index in [0.717, 1.165) is 57.8 Å². The normalized spacial score (nSPS) is 12.5. The number of hydrogen-bond acceptors (Lipinski definition) is 5. The van der Waals surface area contributed by atoms with Crippen LogP contribution in [0.2, 0.25) is 0 Å². The first-order valence-electron chi connectivity index (χ1n) is 21.5. The molecule has 0 fully saturated rings. The molecule has 0 aliphatic heterocycles. The molecule has 50 heavy (non-hydrogen) atoms. The van der Waals surface area contributed by atoms with Crippen molar-refractivity contribution in [3.63, 3.8) is 0 Å². The van der Waals surface area contributed by atoms with E-state index in [9.17, 15) is 9.59 Å². The first-order chi connectivity index (χ1) is 24.6. The second-order valence-corrected chi connectivity index (χ2v) is 14.2. The van der Waals surface area contributed by atoms with Gasteiger partial charge in [-0.2, -0.15) is 0 Å². The Bertz CT molecular complexity index is 801. The maximum absolute atomic E-state index is 12.6. The monoisotopic (exact) mass is 703 g/mol. The summed E-state index contributed by atoms with van der Waals surface area (Å²) in [6.07, 6.45) is 47.2. The van der Waals surface area contributed by atoms with Crippen LogP contribution in [0.25, 0.3) is 0 Å². The zero-order chi connectivity index (χ0) is 36.4. The molecular formula is C45H82O5. The molecule has 5 heteroatoms. The van der Waals surface area contributed by atoms with Gasteiger partial charge in [-0.3, -0.25) is 9.59 Å². The van der Waals surface area contributed by atoms with Crippen LogP contribution in [0.3, 0.4) is 0 Å². The zero-order valence-corrected chi connectivity index (χ0v) is 33.4. The Kier molecular flexibility index (Phi) is 40.0. The molecule has 292 valence electrons. The van der Waals surface area contributed by atoms with Gasteiger partial charge in [0.2, 0.25) is 0 Å². The van der Waals surface area contributed by atoms with Gasteiger partial charge in [0.25, 0.3) is 0 Å². The maximum Gasteiger partial charge on any atom is 0.306 e. The van der Waals surface area contributed by atoms with Crippen LogP contribution >= 0.6 is 0 Å². The van der Waals surface area contributed by atoms with Crippen molar-refractivity contribution in [2.24, 2.45) is 0 Å². The van der Waals surface area contributed by atoms with Gasteiger partial charge in [-0.1, -0.05) is 186 Å². The van der Waals surface area contributed by atoms with E-state index < -0.39 is 6.10 Å². The summed E-state index contributed by atoms with van der Waals surface area (Å²) in [5.74, 6) is -0.405. The average molecular weight is 703 g/mol. The molecule has 0 aromatic carbocycles. The molecule has 0 spiro atoms. The van der Waals surface area contributed by atoms with Crippen LogP contribution in [0.15, 0.2) is 36.5 Å². The van der Waals surface area contributed by atoms with Gasteiger partial charge in [0.05, 0.1) is 6.61 Å². The molecule has 0 aromatic heterocycles. The fourth-order valence-corrected chi connectivity index (χ4v) is 5.99. The van der Waals surface area contributed by atoms with E-state index in [0.29, 0.717) is 19.4 Å². The fraction of sp³-hybridized carbons (Fsp3) is 0.822. The number of unbranched alkanes of at least 4 members (excludes halogenated alkanes) is 22. The number of allylic oxidation sites excluding steroid dienone is 6. The Labute approximate surface area is 310 Å². The van der Waals surface area contributed by atoms with Crippen molar-refractivity contribution >= 4 is 11.9 Å². The smallest absolute Gasteiger partial charge is 0.306 e. The topological polar surface area (TPSA) is 61.8 Å². The third-order valence-corrected chi connectivity index (χ3v) is 9.19. The van der Waals surface area contributed by atoms with Crippen LogP contribution in [0.1, 0.15) is 213 Å². The highest BCUT2D eigenvalue weighted by Crippen LogP contribution is 2.13. The molecule has 0 heterocycles. The van der Waals surface area contributed by atoms with Gasteiger partial charge in [0, 0.05) is 19.4 Å². The van der Waals surface area contributed by atoms with Crippen LogP contribution in [-0.4, -0.2) is 37.9 Å². The number of esters is 2. The molecule has 0 N–H and O–H groups in total. The van der Waals surface area contributed by atoms with Crippen LogP contribution in [-0.2, 0) is 23.8 Å². The lowest BCUT2D eigenvalue weighted by Gasteiger charge is -2.18. The van der Waals surface area contributed by atoms with Crippen molar-refractivity contribution in [2.45, 2.75) is 219 Å². The van der Waals surface area contributed by atoms with Gasteiger partial charge in [0.15, 0.2) is 6.10 Å². The minimum atomic E-state index is -0.529. The lowest BCUT2D eigenvalue weighted by Crippen LogP contribution is -2.30. The van der Waals surface area contributed by atoms with Gasteiger partial charge in [-0.15, -0.1) is 0 Å². The number of hydrogen-bond donors (Lipinski definition) is 0. The lowest BCUT2D eigenvalue weighted by atomic mass is 10.1. The van der Waals surface area contributed by atoms with E-state index in [4.69, 9.17) is 14.2 Å². The molecule has 0 aliphatic carbocycles. The molecule has 0 aliphatic rings. The predicted molar refractivity (Wildman–Crippen MR) is 215 cm³/mol. The predicted octanol–water partition coefficient (Wildman–Crippen LogP) is 13.9. The molecule has 0 bridgehead atoms. The summed E-state index contributed by atoms with van der Waals surface area (Å²) in [7, 11) is 0. The van der Waals surface area contributed by atoms with Gasteiger partial charge >= 0.3 is 11.9 Å². The van der Waals surface area contributed by atoms with Gasteiger partial charge in [-0.05, 0) is 51.4 Å². The van der Waals surface area contributed by atoms with E-state index in [2.05, 4.69) is 57.2 Å². The number of ether oxygens (including phenoxy) is 3. The third-order valence-electron chi connectivity index (χ3n) is 9.19. The van der Waals surface area contributed by atoms with Crippen molar-refractivity contribution in [2.75, 3.05) is 19.8 Å². The Morgan fingerprint density at radius 3 is 1.44 bits per heavy atom. The van der Waals surface area contributed by atoms with Gasteiger partial charge in [0.1, 0.15) is 6.61 Å². The average Bonchev–Trinajstić information content (AvgIpc) is 3.11. The molecule has 0 radical (unpaired) electrons. The van der Waals surface area contributed by atoms with Crippen LogP contribution < -0.4 is 0 Å².